The van der Waals surface area contributed by atoms with Crippen molar-refractivity contribution < 1.29 is 5.11 Å². The molecule has 0 aromatic rings. The van der Waals surface area contributed by atoms with E-state index in [9.17, 15) is 0 Å². The summed E-state index contributed by atoms with van der Waals surface area (Å²) < 4.78 is 0. The second-order valence-corrected chi connectivity index (χ2v) is 5.47. The van der Waals surface area contributed by atoms with Crippen molar-refractivity contribution >= 4 is 0 Å². The summed E-state index contributed by atoms with van der Waals surface area (Å²) in [4.78, 5) is 0. The van der Waals surface area contributed by atoms with E-state index in [1.165, 1.54) is 32.1 Å². The van der Waals surface area contributed by atoms with Gasteiger partial charge in [0.25, 0.3) is 0 Å². The summed E-state index contributed by atoms with van der Waals surface area (Å²) in [6.07, 6.45) is 6.92. The lowest BCUT2D eigenvalue weighted by atomic mass is 9.97. The molecule has 0 radical (unpaired) electrons. The van der Waals surface area contributed by atoms with Gasteiger partial charge in [0.2, 0.25) is 0 Å². The Labute approximate surface area is 88.1 Å². The van der Waals surface area contributed by atoms with E-state index in [0.29, 0.717) is 6.04 Å². The van der Waals surface area contributed by atoms with Gasteiger partial charge in [0.15, 0.2) is 0 Å². The van der Waals surface area contributed by atoms with Crippen LogP contribution >= 0.6 is 0 Å². The Balaban J connectivity index is 2.23. The van der Waals surface area contributed by atoms with Crippen molar-refractivity contribution in [3.63, 3.8) is 0 Å². The number of hydrogen-bond donors (Lipinski definition) is 2. The van der Waals surface area contributed by atoms with Crippen LogP contribution in [0.4, 0.5) is 0 Å². The van der Waals surface area contributed by atoms with E-state index in [2.05, 4.69) is 26.1 Å². The van der Waals surface area contributed by atoms with Crippen LogP contribution in [0.2, 0.25) is 0 Å². The van der Waals surface area contributed by atoms with Crippen LogP contribution in [-0.4, -0.2) is 23.3 Å². The maximum absolute atomic E-state index is 9.14. The van der Waals surface area contributed by atoms with Gasteiger partial charge < -0.3 is 10.4 Å². The fourth-order valence-electron chi connectivity index (χ4n) is 2.52. The quantitative estimate of drug-likeness (QED) is 0.712. The van der Waals surface area contributed by atoms with Gasteiger partial charge in [-0.1, -0.05) is 25.7 Å². The highest BCUT2D eigenvalue weighted by Crippen LogP contribution is 2.28. The van der Waals surface area contributed by atoms with Crippen molar-refractivity contribution in [3.8, 4) is 0 Å². The fourth-order valence-corrected chi connectivity index (χ4v) is 2.52. The maximum atomic E-state index is 9.14. The second kappa shape index (κ2) is 5.13. The van der Waals surface area contributed by atoms with Crippen molar-refractivity contribution in [3.05, 3.63) is 0 Å². The van der Waals surface area contributed by atoms with Gasteiger partial charge in [-0.2, -0.15) is 0 Å². The van der Waals surface area contributed by atoms with Gasteiger partial charge in [0, 0.05) is 11.6 Å². The summed E-state index contributed by atoms with van der Waals surface area (Å²) in [5.74, 6) is 0.923. The summed E-state index contributed by atoms with van der Waals surface area (Å²) >= 11 is 0. The molecule has 2 nitrogen and oxygen atoms in total. The van der Waals surface area contributed by atoms with E-state index in [0.717, 1.165) is 5.92 Å². The monoisotopic (exact) mass is 199 g/mol. The SMILES string of the molecule is CC(CC1CCCC1)NC(C)(C)CO. The normalized spacial score (nSPS) is 21.4. The van der Waals surface area contributed by atoms with Crippen LogP contribution in [0, 0.1) is 5.92 Å². The smallest absolute Gasteiger partial charge is 0.0607 e. The number of nitrogens with one attached hydrogen (secondary N) is 1. The lowest BCUT2D eigenvalue weighted by Gasteiger charge is -2.29. The highest BCUT2D eigenvalue weighted by molar-refractivity contribution is 4.81. The topological polar surface area (TPSA) is 32.3 Å². The van der Waals surface area contributed by atoms with E-state index in [1.54, 1.807) is 0 Å². The molecule has 1 rings (SSSR count). The van der Waals surface area contributed by atoms with Crippen LogP contribution in [0.3, 0.4) is 0 Å². The third kappa shape index (κ3) is 3.97. The molecule has 0 spiro atoms. The molecule has 14 heavy (non-hydrogen) atoms. The van der Waals surface area contributed by atoms with Crippen LogP contribution in [0.1, 0.15) is 52.9 Å². The predicted molar refractivity (Wildman–Crippen MR) is 60.3 cm³/mol. The zero-order chi connectivity index (χ0) is 10.6. The molecule has 1 aliphatic carbocycles. The van der Waals surface area contributed by atoms with E-state index in [1.807, 2.05) is 0 Å². The van der Waals surface area contributed by atoms with Crippen LogP contribution in [0.15, 0.2) is 0 Å². The van der Waals surface area contributed by atoms with E-state index in [4.69, 9.17) is 5.11 Å². The van der Waals surface area contributed by atoms with Gasteiger partial charge in [-0.15, -0.1) is 0 Å². The largest absolute Gasteiger partial charge is 0.394 e. The predicted octanol–water partition coefficient (Wildman–Crippen LogP) is 2.32. The summed E-state index contributed by atoms with van der Waals surface area (Å²) in [7, 11) is 0. The number of aliphatic hydroxyl groups is 1. The molecule has 2 heteroatoms. The minimum absolute atomic E-state index is 0.127. The summed E-state index contributed by atoms with van der Waals surface area (Å²) in [5, 5.41) is 12.6. The Bertz CT molecular complexity index is 162. The second-order valence-electron chi connectivity index (χ2n) is 5.47. The molecular formula is C12H25NO. The van der Waals surface area contributed by atoms with E-state index in [-0.39, 0.29) is 12.1 Å². The lowest BCUT2D eigenvalue weighted by molar-refractivity contribution is 0.171. The minimum Gasteiger partial charge on any atom is -0.394 e. The first kappa shape index (κ1) is 12.0. The molecule has 1 fully saturated rings. The molecule has 1 unspecified atom stereocenters. The molecule has 0 aromatic heterocycles. The van der Waals surface area contributed by atoms with Crippen LogP contribution < -0.4 is 5.32 Å². The standard InChI is InChI=1S/C12H25NO/c1-10(13-12(2,3)9-14)8-11-6-4-5-7-11/h10-11,13-14H,4-9H2,1-3H3. The van der Waals surface area contributed by atoms with Gasteiger partial charge in [0.1, 0.15) is 0 Å². The van der Waals surface area contributed by atoms with Crippen molar-refractivity contribution in [2.75, 3.05) is 6.61 Å². The average Bonchev–Trinajstić information content (AvgIpc) is 2.55. The molecule has 2 N–H and O–H groups in total. The Morgan fingerprint density at radius 2 is 1.93 bits per heavy atom. The molecule has 84 valence electrons. The lowest BCUT2D eigenvalue weighted by Crippen LogP contribution is -2.47. The van der Waals surface area contributed by atoms with Crippen LogP contribution in [-0.2, 0) is 0 Å². The van der Waals surface area contributed by atoms with Gasteiger partial charge in [-0.3, -0.25) is 0 Å². The molecule has 0 saturated heterocycles. The molecule has 1 atom stereocenters. The van der Waals surface area contributed by atoms with Gasteiger partial charge in [-0.05, 0) is 33.1 Å². The van der Waals surface area contributed by atoms with E-state index >= 15 is 0 Å². The van der Waals surface area contributed by atoms with Crippen LogP contribution in [0.25, 0.3) is 0 Å². The molecule has 0 aromatic carbocycles. The van der Waals surface area contributed by atoms with Crippen molar-refractivity contribution in [1.82, 2.24) is 5.32 Å². The molecule has 0 bridgehead atoms. The zero-order valence-corrected chi connectivity index (χ0v) is 9.84. The Morgan fingerprint density at radius 1 is 1.36 bits per heavy atom. The average molecular weight is 199 g/mol. The molecule has 1 aliphatic rings. The Kier molecular flexibility index (Phi) is 4.39. The molecular weight excluding hydrogens is 174 g/mol. The summed E-state index contributed by atoms with van der Waals surface area (Å²) in [5.41, 5.74) is -0.127. The Hall–Kier alpha value is -0.0800. The first-order valence-electron chi connectivity index (χ1n) is 5.92. The third-order valence-corrected chi connectivity index (χ3v) is 3.19. The minimum atomic E-state index is -0.127. The van der Waals surface area contributed by atoms with E-state index < -0.39 is 0 Å². The molecule has 0 amide bonds. The first-order valence-corrected chi connectivity index (χ1v) is 5.92. The number of rotatable bonds is 5. The van der Waals surface area contributed by atoms with Gasteiger partial charge >= 0.3 is 0 Å². The van der Waals surface area contributed by atoms with Crippen molar-refractivity contribution in [2.24, 2.45) is 5.92 Å². The van der Waals surface area contributed by atoms with Gasteiger partial charge in [0.05, 0.1) is 6.61 Å². The highest BCUT2D eigenvalue weighted by Gasteiger charge is 2.22. The molecule has 0 heterocycles. The number of hydrogen-bond acceptors (Lipinski definition) is 2. The third-order valence-electron chi connectivity index (χ3n) is 3.19. The Morgan fingerprint density at radius 3 is 2.43 bits per heavy atom. The number of aliphatic hydroxyl groups excluding tert-OH is 1. The highest BCUT2D eigenvalue weighted by atomic mass is 16.3. The first-order chi connectivity index (χ1) is 6.53. The summed E-state index contributed by atoms with van der Waals surface area (Å²) in [6.45, 7) is 6.55. The van der Waals surface area contributed by atoms with Crippen LogP contribution in [0.5, 0.6) is 0 Å². The summed E-state index contributed by atoms with van der Waals surface area (Å²) in [6, 6.07) is 0.528. The molecule has 0 aliphatic heterocycles. The fraction of sp³-hybridized carbons (Fsp3) is 1.00. The van der Waals surface area contributed by atoms with Crippen molar-refractivity contribution in [2.45, 2.75) is 64.5 Å². The maximum Gasteiger partial charge on any atom is 0.0607 e. The zero-order valence-electron chi connectivity index (χ0n) is 9.84. The van der Waals surface area contributed by atoms with Gasteiger partial charge in [-0.25, -0.2) is 0 Å². The van der Waals surface area contributed by atoms with Crippen molar-refractivity contribution in [1.29, 1.82) is 0 Å². The molecule has 1 saturated carbocycles.